The summed E-state index contributed by atoms with van der Waals surface area (Å²) in [5.41, 5.74) is 2.19. The number of hydrogen-bond acceptors (Lipinski definition) is 4. The third-order valence-corrected chi connectivity index (χ3v) is 8.68. The van der Waals surface area contributed by atoms with E-state index in [2.05, 4.69) is 17.1 Å². The van der Waals surface area contributed by atoms with Gasteiger partial charge in [-0.3, -0.25) is 14.5 Å². The number of amides is 2. The van der Waals surface area contributed by atoms with Crippen LogP contribution in [-0.4, -0.2) is 46.6 Å². The molecule has 0 unspecified atom stereocenters. The number of hydrogen-bond donors (Lipinski definition) is 1. The number of halogens is 1. The number of rotatable bonds is 6. The summed E-state index contributed by atoms with van der Waals surface area (Å²) in [6, 6.07) is 19.7. The Kier molecular flexibility index (Phi) is 7.23. The number of nitrogens with zero attached hydrogens (tertiary/aromatic N) is 2. The summed E-state index contributed by atoms with van der Waals surface area (Å²) in [4.78, 5) is 31.8. The normalized spacial score (nSPS) is 19.5. The zero-order chi connectivity index (χ0) is 25.2. The minimum Gasteiger partial charge on any atom is -0.350 e. The molecule has 2 atom stereocenters. The summed E-state index contributed by atoms with van der Waals surface area (Å²) < 4.78 is 13.6. The van der Waals surface area contributed by atoms with Gasteiger partial charge in [-0.2, -0.15) is 0 Å². The van der Waals surface area contributed by atoms with Crippen LogP contribution in [-0.2, 0) is 17.3 Å². The summed E-state index contributed by atoms with van der Waals surface area (Å²) in [5.74, 6) is -0.457. The maximum atomic E-state index is 13.7. The van der Waals surface area contributed by atoms with Crippen molar-refractivity contribution in [2.75, 3.05) is 24.5 Å². The van der Waals surface area contributed by atoms with Gasteiger partial charge in [0.25, 0.3) is 11.8 Å². The SMILES string of the molecule is CCN1CCC[C@@H]1CNC(=O)c1ccc2c(c1)N(Cc1ccc(Cl)cc1)C(=O)c1ccccc1[S@@]2=O. The molecule has 0 spiro atoms. The van der Waals surface area contributed by atoms with Gasteiger partial charge in [-0.1, -0.05) is 42.8 Å². The summed E-state index contributed by atoms with van der Waals surface area (Å²) in [6.45, 7) is 5.00. The molecule has 1 saturated heterocycles. The Balaban J connectivity index is 1.50. The van der Waals surface area contributed by atoms with E-state index in [9.17, 15) is 13.8 Å². The Morgan fingerprint density at radius 3 is 2.64 bits per heavy atom. The topological polar surface area (TPSA) is 69.7 Å². The second-order valence-electron chi connectivity index (χ2n) is 9.10. The van der Waals surface area contributed by atoms with Crippen molar-refractivity contribution < 1.29 is 13.8 Å². The smallest absolute Gasteiger partial charge is 0.259 e. The standard InChI is InChI=1S/C28H28ClN3O3S/c1-2-31-15-5-6-22(31)17-30-27(33)20-11-14-26-24(16-20)32(18-19-9-12-21(29)13-10-19)28(34)23-7-3-4-8-25(23)36(26)35/h3-4,7-14,16,22H,2,5-6,15,17-18H2,1H3,(H,30,33)/t22-,36+/m1/s1. The molecule has 6 nitrogen and oxygen atoms in total. The second-order valence-corrected chi connectivity index (χ2v) is 11.0. The van der Waals surface area contributed by atoms with E-state index in [-0.39, 0.29) is 18.4 Å². The molecular formula is C28H28ClN3O3S. The average Bonchev–Trinajstić information content (AvgIpc) is 3.35. The molecular weight excluding hydrogens is 494 g/mol. The van der Waals surface area contributed by atoms with Crippen LogP contribution in [0.1, 0.15) is 46.0 Å². The molecule has 1 N–H and O–H groups in total. The molecule has 8 heteroatoms. The van der Waals surface area contributed by atoms with Crippen molar-refractivity contribution in [3.63, 3.8) is 0 Å². The fraction of sp³-hybridized carbons (Fsp3) is 0.286. The van der Waals surface area contributed by atoms with E-state index in [1.807, 2.05) is 12.1 Å². The van der Waals surface area contributed by atoms with Crippen molar-refractivity contribution in [3.8, 4) is 0 Å². The van der Waals surface area contributed by atoms with Crippen LogP contribution in [0.25, 0.3) is 0 Å². The van der Waals surface area contributed by atoms with Crippen LogP contribution < -0.4 is 10.2 Å². The van der Waals surface area contributed by atoms with E-state index in [0.717, 1.165) is 31.5 Å². The quantitative estimate of drug-likeness (QED) is 0.502. The van der Waals surface area contributed by atoms with Gasteiger partial charge < -0.3 is 10.2 Å². The number of carbonyl (C=O) groups excluding carboxylic acids is 2. The highest BCUT2D eigenvalue weighted by atomic mass is 35.5. The van der Waals surface area contributed by atoms with Gasteiger partial charge in [-0.25, -0.2) is 4.21 Å². The maximum absolute atomic E-state index is 13.7. The number of likely N-dealkylation sites (N-methyl/N-ethyl adjacent to an activating group) is 1. The van der Waals surface area contributed by atoms with Crippen LogP contribution in [0, 0.1) is 0 Å². The lowest BCUT2D eigenvalue weighted by Gasteiger charge is -2.24. The lowest BCUT2D eigenvalue weighted by atomic mass is 10.1. The molecule has 1 fully saturated rings. The first-order valence-electron chi connectivity index (χ1n) is 12.2. The van der Waals surface area contributed by atoms with E-state index in [1.54, 1.807) is 59.5 Å². The van der Waals surface area contributed by atoms with E-state index in [0.29, 0.717) is 44.2 Å². The Morgan fingerprint density at radius 2 is 1.86 bits per heavy atom. The summed E-state index contributed by atoms with van der Waals surface area (Å²) >= 11 is 6.06. The lowest BCUT2D eigenvalue weighted by Crippen LogP contribution is -2.40. The maximum Gasteiger partial charge on any atom is 0.259 e. The predicted molar refractivity (Wildman–Crippen MR) is 142 cm³/mol. The molecule has 2 heterocycles. The average molecular weight is 522 g/mol. The summed E-state index contributed by atoms with van der Waals surface area (Å²) in [6.07, 6.45) is 2.21. The van der Waals surface area contributed by atoms with Crippen molar-refractivity contribution in [1.29, 1.82) is 0 Å². The predicted octanol–water partition coefficient (Wildman–Crippen LogP) is 4.88. The van der Waals surface area contributed by atoms with Gasteiger partial charge in [0.15, 0.2) is 0 Å². The second kappa shape index (κ2) is 10.5. The number of anilines is 1. The molecule has 3 aromatic carbocycles. The van der Waals surface area contributed by atoms with Crippen molar-refractivity contribution >= 4 is 39.9 Å². The molecule has 0 bridgehead atoms. The van der Waals surface area contributed by atoms with Crippen LogP contribution in [0.4, 0.5) is 5.69 Å². The molecule has 2 aliphatic rings. The number of carbonyl (C=O) groups is 2. The first kappa shape index (κ1) is 24.7. The van der Waals surface area contributed by atoms with Crippen LogP contribution in [0.2, 0.25) is 5.02 Å². The highest BCUT2D eigenvalue weighted by Crippen LogP contribution is 2.36. The monoisotopic (exact) mass is 521 g/mol. The largest absolute Gasteiger partial charge is 0.350 e. The Morgan fingerprint density at radius 1 is 1.08 bits per heavy atom. The highest BCUT2D eigenvalue weighted by Gasteiger charge is 2.32. The van der Waals surface area contributed by atoms with Crippen molar-refractivity contribution in [2.24, 2.45) is 0 Å². The van der Waals surface area contributed by atoms with Crippen molar-refractivity contribution in [3.05, 3.63) is 88.4 Å². The van der Waals surface area contributed by atoms with Gasteiger partial charge in [-0.15, -0.1) is 0 Å². The number of nitrogens with one attached hydrogen (secondary N) is 1. The molecule has 36 heavy (non-hydrogen) atoms. The molecule has 2 aliphatic heterocycles. The molecule has 5 rings (SSSR count). The first-order chi connectivity index (χ1) is 17.5. The van der Waals surface area contributed by atoms with Gasteiger partial charge in [0.1, 0.15) is 0 Å². The van der Waals surface area contributed by atoms with E-state index >= 15 is 0 Å². The van der Waals surface area contributed by atoms with Crippen molar-refractivity contribution in [2.45, 2.75) is 42.1 Å². The molecule has 0 saturated carbocycles. The molecule has 186 valence electrons. The molecule has 3 aromatic rings. The minimum absolute atomic E-state index is 0.202. The van der Waals surface area contributed by atoms with E-state index in [4.69, 9.17) is 11.6 Å². The van der Waals surface area contributed by atoms with Crippen LogP contribution >= 0.6 is 11.6 Å². The first-order valence-corrected chi connectivity index (χ1v) is 13.7. The Hall–Kier alpha value is -3.00. The van der Waals surface area contributed by atoms with Crippen LogP contribution in [0.3, 0.4) is 0 Å². The third kappa shape index (κ3) is 4.83. The summed E-state index contributed by atoms with van der Waals surface area (Å²) in [7, 11) is -1.57. The van der Waals surface area contributed by atoms with Crippen molar-refractivity contribution in [1.82, 2.24) is 10.2 Å². The number of benzene rings is 3. The Labute approximate surface area is 218 Å². The fourth-order valence-electron chi connectivity index (χ4n) is 4.99. The minimum atomic E-state index is -1.57. The molecule has 0 aromatic heterocycles. The van der Waals surface area contributed by atoms with Gasteiger partial charge in [0.2, 0.25) is 0 Å². The van der Waals surface area contributed by atoms with Crippen LogP contribution in [0.15, 0.2) is 76.5 Å². The van der Waals surface area contributed by atoms with E-state index < -0.39 is 10.8 Å². The third-order valence-electron chi connectivity index (χ3n) is 6.93. The van der Waals surface area contributed by atoms with Crippen LogP contribution in [0.5, 0.6) is 0 Å². The molecule has 2 amide bonds. The van der Waals surface area contributed by atoms with E-state index in [1.165, 1.54) is 0 Å². The lowest BCUT2D eigenvalue weighted by molar-refractivity contribution is 0.0938. The fourth-order valence-corrected chi connectivity index (χ4v) is 6.46. The number of fused-ring (bicyclic) bond motifs is 2. The van der Waals surface area contributed by atoms with Gasteiger partial charge >= 0.3 is 0 Å². The molecule has 0 aliphatic carbocycles. The highest BCUT2D eigenvalue weighted by molar-refractivity contribution is 7.85. The summed E-state index contributed by atoms with van der Waals surface area (Å²) in [5, 5.41) is 3.67. The molecule has 0 radical (unpaired) electrons. The number of likely N-dealkylation sites (tertiary alicyclic amines) is 1. The van der Waals surface area contributed by atoms with Gasteiger partial charge in [0.05, 0.1) is 38.4 Å². The zero-order valence-electron chi connectivity index (χ0n) is 20.1. The zero-order valence-corrected chi connectivity index (χ0v) is 21.6. The van der Waals surface area contributed by atoms with Gasteiger partial charge in [0, 0.05) is 23.2 Å². The van der Waals surface area contributed by atoms with Gasteiger partial charge in [-0.05, 0) is 74.0 Å². The Bertz CT molecular complexity index is 1330.